The third kappa shape index (κ3) is 2.27. The Kier molecular flexibility index (Phi) is 3.64. The molecule has 2 nitrogen and oxygen atoms in total. The van der Waals surface area contributed by atoms with E-state index in [1.54, 1.807) is 7.11 Å². The van der Waals surface area contributed by atoms with Crippen LogP contribution in [0.4, 0.5) is 0 Å². The Labute approximate surface area is 102 Å². The summed E-state index contributed by atoms with van der Waals surface area (Å²) in [6, 6.07) is 12.5. The van der Waals surface area contributed by atoms with Crippen LogP contribution in [-0.2, 0) is 0 Å². The molecule has 0 saturated carbocycles. The van der Waals surface area contributed by atoms with Crippen molar-refractivity contribution in [2.45, 2.75) is 25.8 Å². The zero-order valence-electron chi connectivity index (χ0n) is 10.4. The van der Waals surface area contributed by atoms with E-state index in [2.05, 4.69) is 25.1 Å². The molecule has 2 aromatic carbocycles. The first-order chi connectivity index (χ1) is 8.27. The molecule has 0 aliphatic rings. The summed E-state index contributed by atoms with van der Waals surface area (Å²) in [5.74, 6) is 0.910. The largest absolute Gasteiger partial charge is 0.496 e. The Balaban J connectivity index is 2.58. The molecular formula is C15H19NO. The fourth-order valence-electron chi connectivity index (χ4n) is 2.26. The van der Waals surface area contributed by atoms with Crippen molar-refractivity contribution in [2.75, 3.05) is 7.11 Å². The zero-order chi connectivity index (χ0) is 12.3. The molecule has 0 radical (unpaired) electrons. The molecule has 0 aliphatic carbocycles. The van der Waals surface area contributed by atoms with Gasteiger partial charge in [-0.15, -0.1) is 0 Å². The number of benzene rings is 2. The first kappa shape index (κ1) is 11.9. The second-order valence-electron chi connectivity index (χ2n) is 4.30. The summed E-state index contributed by atoms with van der Waals surface area (Å²) >= 11 is 0. The number of hydrogen-bond acceptors (Lipinski definition) is 2. The molecule has 2 rings (SSSR count). The van der Waals surface area contributed by atoms with Gasteiger partial charge >= 0.3 is 0 Å². The van der Waals surface area contributed by atoms with E-state index in [0.717, 1.165) is 24.0 Å². The van der Waals surface area contributed by atoms with Gasteiger partial charge in [0.2, 0.25) is 0 Å². The Morgan fingerprint density at radius 2 is 1.82 bits per heavy atom. The van der Waals surface area contributed by atoms with E-state index in [1.807, 2.05) is 18.2 Å². The Hall–Kier alpha value is -1.54. The first-order valence-electron chi connectivity index (χ1n) is 6.09. The molecule has 0 spiro atoms. The van der Waals surface area contributed by atoms with Gasteiger partial charge in [0.05, 0.1) is 7.11 Å². The standard InChI is InChI=1S/C15H19NO/c1-3-6-14(16)12-9-10-15(17-2)13-8-5-4-7-11(12)13/h4-5,7-10,14H,3,6,16H2,1-2H3. The van der Waals surface area contributed by atoms with E-state index in [4.69, 9.17) is 10.5 Å². The van der Waals surface area contributed by atoms with Crippen LogP contribution in [0.2, 0.25) is 0 Å². The maximum atomic E-state index is 6.22. The highest BCUT2D eigenvalue weighted by molar-refractivity contribution is 5.91. The van der Waals surface area contributed by atoms with Crippen molar-refractivity contribution in [1.29, 1.82) is 0 Å². The molecule has 0 amide bonds. The molecule has 1 atom stereocenters. The van der Waals surface area contributed by atoms with E-state index in [-0.39, 0.29) is 6.04 Å². The van der Waals surface area contributed by atoms with Crippen molar-refractivity contribution in [3.63, 3.8) is 0 Å². The summed E-state index contributed by atoms with van der Waals surface area (Å²) in [7, 11) is 1.70. The molecule has 0 aliphatic heterocycles. The second kappa shape index (κ2) is 5.19. The highest BCUT2D eigenvalue weighted by Crippen LogP contribution is 2.31. The SMILES string of the molecule is CCCC(N)c1ccc(OC)c2ccccc12. The molecule has 1 unspecified atom stereocenters. The van der Waals surface area contributed by atoms with E-state index < -0.39 is 0 Å². The van der Waals surface area contributed by atoms with Crippen LogP contribution in [-0.4, -0.2) is 7.11 Å². The van der Waals surface area contributed by atoms with Crippen LogP contribution in [0, 0.1) is 0 Å². The second-order valence-corrected chi connectivity index (χ2v) is 4.30. The third-order valence-electron chi connectivity index (χ3n) is 3.14. The number of rotatable bonds is 4. The van der Waals surface area contributed by atoms with Crippen molar-refractivity contribution < 1.29 is 4.74 Å². The smallest absolute Gasteiger partial charge is 0.126 e. The summed E-state index contributed by atoms with van der Waals surface area (Å²) in [5.41, 5.74) is 7.43. The van der Waals surface area contributed by atoms with Crippen molar-refractivity contribution >= 4 is 10.8 Å². The maximum absolute atomic E-state index is 6.22. The van der Waals surface area contributed by atoms with Crippen molar-refractivity contribution in [3.05, 3.63) is 42.0 Å². The van der Waals surface area contributed by atoms with Crippen molar-refractivity contribution in [2.24, 2.45) is 5.73 Å². The zero-order valence-corrected chi connectivity index (χ0v) is 10.4. The van der Waals surface area contributed by atoms with E-state index in [1.165, 1.54) is 10.9 Å². The fraction of sp³-hybridized carbons (Fsp3) is 0.333. The van der Waals surface area contributed by atoms with Crippen LogP contribution in [0.1, 0.15) is 31.4 Å². The summed E-state index contributed by atoms with van der Waals surface area (Å²) in [4.78, 5) is 0. The minimum atomic E-state index is 0.107. The van der Waals surface area contributed by atoms with Gasteiger partial charge < -0.3 is 10.5 Å². The highest BCUT2D eigenvalue weighted by atomic mass is 16.5. The molecule has 2 heteroatoms. The van der Waals surface area contributed by atoms with Gasteiger partial charge in [-0.25, -0.2) is 0 Å². The molecule has 17 heavy (non-hydrogen) atoms. The Morgan fingerprint density at radius 1 is 1.12 bits per heavy atom. The Morgan fingerprint density at radius 3 is 2.47 bits per heavy atom. The number of methoxy groups -OCH3 is 1. The molecule has 2 N–H and O–H groups in total. The van der Waals surface area contributed by atoms with Gasteiger partial charge in [-0.1, -0.05) is 43.7 Å². The van der Waals surface area contributed by atoms with Crippen molar-refractivity contribution in [1.82, 2.24) is 0 Å². The lowest BCUT2D eigenvalue weighted by Crippen LogP contribution is -2.10. The van der Waals surface area contributed by atoms with Crippen LogP contribution in [0.5, 0.6) is 5.75 Å². The highest BCUT2D eigenvalue weighted by Gasteiger charge is 2.11. The summed E-state index contributed by atoms with van der Waals surface area (Å²) in [6.45, 7) is 2.16. The van der Waals surface area contributed by atoms with Gasteiger partial charge in [0.1, 0.15) is 5.75 Å². The lowest BCUT2D eigenvalue weighted by atomic mass is 9.96. The number of nitrogens with two attached hydrogens (primary N) is 1. The minimum absolute atomic E-state index is 0.107. The fourth-order valence-corrected chi connectivity index (χ4v) is 2.26. The van der Waals surface area contributed by atoms with Crippen molar-refractivity contribution in [3.8, 4) is 5.75 Å². The lowest BCUT2D eigenvalue weighted by molar-refractivity contribution is 0.419. The average molecular weight is 229 g/mol. The van der Waals surface area contributed by atoms with Gasteiger partial charge in [0.25, 0.3) is 0 Å². The average Bonchev–Trinajstić information content (AvgIpc) is 2.37. The molecule has 0 saturated heterocycles. The molecule has 0 heterocycles. The predicted octanol–water partition coefficient (Wildman–Crippen LogP) is 3.65. The molecule has 0 bridgehead atoms. The molecular weight excluding hydrogens is 210 g/mol. The van der Waals surface area contributed by atoms with Crippen LogP contribution in [0.15, 0.2) is 36.4 Å². The summed E-state index contributed by atoms with van der Waals surface area (Å²) < 4.78 is 5.38. The quantitative estimate of drug-likeness (QED) is 0.868. The maximum Gasteiger partial charge on any atom is 0.126 e. The van der Waals surface area contributed by atoms with Gasteiger partial charge in [-0.05, 0) is 23.4 Å². The monoisotopic (exact) mass is 229 g/mol. The lowest BCUT2D eigenvalue weighted by Gasteiger charge is -2.15. The summed E-state index contributed by atoms with van der Waals surface area (Å²) in [5, 5.41) is 2.34. The topological polar surface area (TPSA) is 35.2 Å². The molecule has 2 aromatic rings. The third-order valence-corrected chi connectivity index (χ3v) is 3.14. The Bertz CT molecular complexity index is 507. The van der Waals surface area contributed by atoms with Gasteiger partial charge in [0.15, 0.2) is 0 Å². The molecule has 90 valence electrons. The minimum Gasteiger partial charge on any atom is -0.496 e. The van der Waals surface area contributed by atoms with E-state index >= 15 is 0 Å². The number of hydrogen-bond donors (Lipinski definition) is 1. The van der Waals surface area contributed by atoms with Gasteiger partial charge in [0, 0.05) is 11.4 Å². The number of ether oxygens (including phenoxy) is 1. The first-order valence-corrected chi connectivity index (χ1v) is 6.09. The van der Waals surface area contributed by atoms with Crippen LogP contribution in [0.3, 0.4) is 0 Å². The molecule has 0 fully saturated rings. The predicted molar refractivity (Wildman–Crippen MR) is 72.3 cm³/mol. The summed E-state index contributed by atoms with van der Waals surface area (Å²) in [6.07, 6.45) is 2.11. The van der Waals surface area contributed by atoms with Crippen LogP contribution < -0.4 is 10.5 Å². The normalized spacial score (nSPS) is 12.6. The van der Waals surface area contributed by atoms with Gasteiger partial charge in [-0.3, -0.25) is 0 Å². The van der Waals surface area contributed by atoms with Crippen LogP contribution in [0.25, 0.3) is 10.8 Å². The van der Waals surface area contributed by atoms with E-state index in [0.29, 0.717) is 0 Å². The molecule has 0 aromatic heterocycles. The van der Waals surface area contributed by atoms with Gasteiger partial charge in [-0.2, -0.15) is 0 Å². The number of fused-ring (bicyclic) bond motifs is 1. The van der Waals surface area contributed by atoms with Crippen LogP contribution >= 0.6 is 0 Å². The van der Waals surface area contributed by atoms with E-state index in [9.17, 15) is 0 Å².